The van der Waals surface area contributed by atoms with Crippen LogP contribution in [0.1, 0.15) is 23.7 Å². The molecular weight excluding hydrogens is 296 g/mol. The summed E-state index contributed by atoms with van der Waals surface area (Å²) in [5.41, 5.74) is -1.33. The van der Waals surface area contributed by atoms with Crippen LogP contribution in [0.5, 0.6) is 0 Å². The molecular formula is C11H13F2NO5S. The Bertz CT molecular complexity index is 617. The number of aliphatic hydroxyl groups excluding tert-OH is 1. The van der Waals surface area contributed by atoms with Gasteiger partial charge in [0.25, 0.3) is 0 Å². The first-order chi connectivity index (χ1) is 9.20. The van der Waals surface area contributed by atoms with Crippen molar-refractivity contribution in [3.63, 3.8) is 0 Å². The number of halogens is 2. The number of benzene rings is 1. The third-order valence-electron chi connectivity index (χ3n) is 2.48. The van der Waals surface area contributed by atoms with Crippen molar-refractivity contribution in [3.05, 3.63) is 29.3 Å². The summed E-state index contributed by atoms with van der Waals surface area (Å²) >= 11 is 0. The molecule has 0 saturated carbocycles. The van der Waals surface area contributed by atoms with E-state index in [-0.39, 0.29) is 13.0 Å². The monoisotopic (exact) mass is 309 g/mol. The molecule has 0 bridgehead atoms. The molecule has 1 aromatic carbocycles. The van der Waals surface area contributed by atoms with Crippen LogP contribution >= 0.6 is 0 Å². The molecule has 0 fully saturated rings. The number of rotatable bonds is 6. The number of aliphatic hydroxyl groups is 1. The van der Waals surface area contributed by atoms with Crippen molar-refractivity contribution in [1.82, 2.24) is 4.72 Å². The summed E-state index contributed by atoms with van der Waals surface area (Å²) in [7, 11) is -4.35. The van der Waals surface area contributed by atoms with Crippen LogP contribution in [-0.2, 0) is 10.0 Å². The highest BCUT2D eigenvalue weighted by molar-refractivity contribution is 7.89. The molecule has 20 heavy (non-hydrogen) atoms. The number of carbonyl (C=O) groups is 1. The van der Waals surface area contributed by atoms with Gasteiger partial charge in [0.2, 0.25) is 10.0 Å². The average molecular weight is 309 g/mol. The van der Waals surface area contributed by atoms with E-state index in [2.05, 4.69) is 4.72 Å². The molecule has 1 atom stereocenters. The number of sulfonamides is 1. The zero-order chi connectivity index (χ0) is 15.5. The molecule has 0 aliphatic rings. The second kappa shape index (κ2) is 6.25. The molecule has 0 amide bonds. The lowest BCUT2D eigenvalue weighted by molar-refractivity contribution is 0.0685. The topological polar surface area (TPSA) is 104 Å². The van der Waals surface area contributed by atoms with E-state index in [1.165, 1.54) is 6.92 Å². The van der Waals surface area contributed by atoms with Gasteiger partial charge in [-0.25, -0.2) is 26.7 Å². The summed E-state index contributed by atoms with van der Waals surface area (Å²) < 4.78 is 52.8. The van der Waals surface area contributed by atoms with E-state index in [1.807, 2.05) is 0 Å². The zero-order valence-corrected chi connectivity index (χ0v) is 11.2. The van der Waals surface area contributed by atoms with Crippen LogP contribution in [0.25, 0.3) is 0 Å². The first-order valence-corrected chi connectivity index (χ1v) is 7.03. The van der Waals surface area contributed by atoms with Crippen molar-refractivity contribution in [2.45, 2.75) is 24.3 Å². The largest absolute Gasteiger partial charge is 0.477 e. The highest BCUT2D eigenvalue weighted by atomic mass is 32.2. The van der Waals surface area contributed by atoms with Gasteiger partial charge in [0.1, 0.15) is 16.3 Å². The second-order valence-electron chi connectivity index (χ2n) is 4.07. The molecule has 3 N–H and O–H groups in total. The van der Waals surface area contributed by atoms with Gasteiger partial charge < -0.3 is 10.2 Å². The number of hydrogen-bond donors (Lipinski definition) is 3. The van der Waals surface area contributed by atoms with Crippen molar-refractivity contribution in [2.24, 2.45) is 0 Å². The molecule has 0 heterocycles. The molecule has 9 heteroatoms. The first-order valence-electron chi connectivity index (χ1n) is 5.55. The molecule has 6 nitrogen and oxygen atoms in total. The number of nitrogens with one attached hydrogen (secondary N) is 1. The van der Waals surface area contributed by atoms with E-state index in [0.717, 1.165) is 0 Å². The number of carboxylic acids is 1. The van der Waals surface area contributed by atoms with Crippen LogP contribution < -0.4 is 4.72 Å². The van der Waals surface area contributed by atoms with E-state index in [9.17, 15) is 22.0 Å². The predicted molar refractivity (Wildman–Crippen MR) is 64.8 cm³/mol. The lowest BCUT2D eigenvalue weighted by Gasteiger charge is -2.14. The fraction of sp³-hybridized carbons (Fsp3) is 0.364. The molecule has 0 saturated heterocycles. The van der Waals surface area contributed by atoms with E-state index >= 15 is 0 Å². The highest BCUT2D eigenvalue weighted by Crippen LogP contribution is 2.21. The molecule has 1 unspecified atom stereocenters. The Morgan fingerprint density at radius 2 is 2.00 bits per heavy atom. The van der Waals surface area contributed by atoms with E-state index in [1.54, 1.807) is 0 Å². The maximum Gasteiger partial charge on any atom is 0.341 e. The Kier molecular flexibility index (Phi) is 5.15. The fourth-order valence-corrected chi connectivity index (χ4v) is 2.88. The predicted octanol–water partition coefficient (Wildman–Crippen LogP) is 0.712. The third kappa shape index (κ3) is 3.50. The Hall–Kier alpha value is -1.58. The minimum absolute atomic E-state index is 0.0911. The maximum absolute atomic E-state index is 13.8. The van der Waals surface area contributed by atoms with E-state index < -0.39 is 44.1 Å². The Morgan fingerprint density at radius 3 is 2.50 bits per heavy atom. The molecule has 0 spiro atoms. The van der Waals surface area contributed by atoms with Crippen LogP contribution in [0.2, 0.25) is 0 Å². The molecule has 1 aromatic rings. The normalized spacial score (nSPS) is 13.2. The lowest BCUT2D eigenvalue weighted by Crippen LogP contribution is -2.34. The Morgan fingerprint density at radius 1 is 1.40 bits per heavy atom. The smallest absolute Gasteiger partial charge is 0.341 e. The summed E-state index contributed by atoms with van der Waals surface area (Å²) in [6.07, 6.45) is 0.0911. The summed E-state index contributed by atoms with van der Waals surface area (Å²) in [4.78, 5) is 9.76. The minimum Gasteiger partial charge on any atom is -0.477 e. The molecule has 0 aliphatic heterocycles. The van der Waals surface area contributed by atoms with Crippen molar-refractivity contribution in [2.75, 3.05) is 6.61 Å². The van der Waals surface area contributed by atoms with Crippen LogP contribution in [0, 0.1) is 11.6 Å². The standard InChI is InChI=1S/C11H13F2NO5S/c1-6(4-5-15)14-20(18,19)8-3-2-7(12)9(10(8)13)11(16)17/h2-3,6,14-15H,4-5H2,1H3,(H,16,17). The van der Waals surface area contributed by atoms with Crippen LogP contribution in [-0.4, -0.2) is 37.2 Å². The van der Waals surface area contributed by atoms with E-state index in [0.29, 0.717) is 12.1 Å². The van der Waals surface area contributed by atoms with Gasteiger partial charge in [-0.2, -0.15) is 0 Å². The molecule has 0 aliphatic carbocycles. The van der Waals surface area contributed by atoms with Gasteiger partial charge >= 0.3 is 5.97 Å². The van der Waals surface area contributed by atoms with Crippen molar-refractivity contribution >= 4 is 16.0 Å². The molecule has 112 valence electrons. The van der Waals surface area contributed by atoms with Crippen LogP contribution in [0.4, 0.5) is 8.78 Å². The molecule has 1 rings (SSSR count). The van der Waals surface area contributed by atoms with Crippen molar-refractivity contribution in [3.8, 4) is 0 Å². The van der Waals surface area contributed by atoms with Gasteiger partial charge in [-0.3, -0.25) is 0 Å². The Balaban J connectivity index is 3.26. The van der Waals surface area contributed by atoms with Gasteiger partial charge in [-0.15, -0.1) is 0 Å². The highest BCUT2D eigenvalue weighted by Gasteiger charge is 2.27. The van der Waals surface area contributed by atoms with Crippen LogP contribution in [0.3, 0.4) is 0 Å². The van der Waals surface area contributed by atoms with Crippen LogP contribution in [0.15, 0.2) is 17.0 Å². The first kappa shape index (κ1) is 16.5. The third-order valence-corrected chi connectivity index (χ3v) is 4.08. The summed E-state index contributed by atoms with van der Waals surface area (Å²) in [6, 6.07) is 0.519. The summed E-state index contributed by atoms with van der Waals surface area (Å²) in [5.74, 6) is -4.93. The number of carboxylic acid groups (broad SMARTS) is 1. The maximum atomic E-state index is 13.8. The molecule has 0 aromatic heterocycles. The van der Waals surface area contributed by atoms with E-state index in [4.69, 9.17) is 10.2 Å². The Labute approximate surface area is 114 Å². The summed E-state index contributed by atoms with van der Waals surface area (Å²) in [5, 5.41) is 17.4. The summed E-state index contributed by atoms with van der Waals surface area (Å²) in [6.45, 7) is 1.16. The quantitative estimate of drug-likeness (QED) is 0.718. The fourth-order valence-electron chi connectivity index (χ4n) is 1.52. The van der Waals surface area contributed by atoms with Gasteiger partial charge in [-0.1, -0.05) is 0 Å². The SMILES string of the molecule is CC(CCO)NS(=O)(=O)c1ccc(F)c(C(=O)O)c1F. The number of hydrogen-bond acceptors (Lipinski definition) is 4. The average Bonchev–Trinajstić information content (AvgIpc) is 2.27. The van der Waals surface area contributed by atoms with Crippen molar-refractivity contribution < 1.29 is 32.2 Å². The van der Waals surface area contributed by atoms with Gasteiger partial charge in [0.15, 0.2) is 5.82 Å². The lowest BCUT2D eigenvalue weighted by atomic mass is 10.2. The van der Waals surface area contributed by atoms with Gasteiger partial charge in [-0.05, 0) is 25.5 Å². The van der Waals surface area contributed by atoms with Gasteiger partial charge in [0, 0.05) is 12.6 Å². The molecule has 0 radical (unpaired) electrons. The minimum atomic E-state index is -4.35. The van der Waals surface area contributed by atoms with Gasteiger partial charge in [0.05, 0.1) is 0 Å². The number of aromatic carboxylic acids is 1. The zero-order valence-electron chi connectivity index (χ0n) is 10.4. The second-order valence-corrected chi connectivity index (χ2v) is 5.76. The van der Waals surface area contributed by atoms with Crippen molar-refractivity contribution in [1.29, 1.82) is 0 Å².